The van der Waals surface area contributed by atoms with Crippen LogP contribution in [0.3, 0.4) is 0 Å². The molecule has 4 aromatic rings. The van der Waals surface area contributed by atoms with Crippen molar-refractivity contribution < 1.29 is 0 Å². The molecule has 0 saturated carbocycles. The first kappa shape index (κ1) is 16.1. The molecule has 132 valence electrons. The Morgan fingerprint density at radius 2 is 1.81 bits per heavy atom. The monoisotopic (exact) mass is 349 g/mol. The Morgan fingerprint density at radius 1 is 1.08 bits per heavy atom. The van der Waals surface area contributed by atoms with Gasteiger partial charge in [0.2, 0.25) is 5.95 Å². The Balaban J connectivity index is 2.01. The maximum atomic E-state index is 12.5. The van der Waals surface area contributed by atoms with Crippen LogP contribution in [0.25, 0.3) is 21.9 Å². The van der Waals surface area contributed by atoms with E-state index < -0.39 is 11.2 Å². The third-order valence-electron chi connectivity index (χ3n) is 4.60. The highest BCUT2D eigenvalue weighted by Crippen LogP contribution is 2.24. The van der Waals surface area contributed by atoms with Gasteiger partial charge in [-0.1, -0.05) is 42.5 Å². The molecular weight excluding hydrogens is 330 g/mol. The van der Waals surface area contributed by atoms with E-state index in [1.54, 1.807) is 7.05 Å². The fraction of sp³-hybridized carbons (Fsp3) is 0.211. The van der Waals surface area contributed by atoms with Crippen molar-refractivity contribution in [2.75, 3.05) is 19.0 Å². The smallest absolute Gasteiger partial charge is 0.329 e. The van der Waals surface area contributed by atoms with Crippen LogP contribution in [0.5, 0.6) is 0 Å². The summed E-state index contributed by atoms with van der Waals surface area (Å²) in [6, 6.07) is 14.3. The first-order valence-corrected chi connectivity index (χ1v) is 8.31. The third kappa shape index (κ3) is 2.40. The van der Waals surface area contributed by atoms with Crippen LogP contribution in [0.1, 0.15) is 5.56 Å². The van der Waals surface area contributed by atoms with Gasteiger partial charge >= 0.3 is 5.69 Å². The minimum Gasteiger partial charge on any atom is -0.348 e. The number of nitrogens with one attached hydrogen (secondary N) is 1. The normalized spacial score (nSPS) is 11.3. The van der Waals surface area contributed by atoms with Gasteiger partial charge in [-0.2, -0.15) is 4.98 Å². The second-order valence-corrected chi connectivity index (χ2v) is 6.52. The molecule has 2 heterocycles. The van der Waals surface area contributed by atoms with E-state index in [0.717, 1.165) is 16.3 Å². The fourth-order valence-electron chi connectivity index (χ4n) is 3.31. The number of aromatic nitrogens is 4. The summed E-state index contributed by atoms with van der Waals surface area (Å²) in [5, 5.41) is 2.27. The highest BCUT2D eigenvalue weighted by molar-refractivity contribution is 5.86. The second kappa shape index (κ2) is 5.87. The van der Waals surface area contributed by atoms with Gasteiger partial charge in [0.1, 0.15) is 0 Å². The fourth-order valence-corrected chi connectivity index (χ4v) is 3.31. The second-order valence-electron chi connectivity index (χ2n) is 6.52. The number of fused-ring (bicyclic) bond motifs is 2. The first-order valence-electron chi connectivity index (χ1n) is 8.31. The molecule has 7 heteroatoms. The predicted octanol–water partition coefficient (Wildman–Crippen LogP) is 1.69. The summed E-state index contributed by atoms with van der Waals surface area (Å²) in [6.07, 6.45) is 0. The van der Waals surface area contributed by atoms with Crippen molar-refractivity contribution in [3.63, 3.8) is 0 Å². The molecule has 26 heavy (non-hydrogen) atoms. The molecule has 0 radical (unpaired) electrons. The molecule has 0 bridgehead atoms. The van der Waals surface area contributed by atoms with E-state index in [1.165, 1.54) is 4.57 Å². The number of aryl methyl sites for hydroxylation is 1. The standard InChI is InChI=1S/C19H19N5O2/c1-22(2)18-20-16-15(17(25)21-19(26)23(16)3)24(18)11-13-9-6-8-12-7-4-5-10-14(12)13/h4-10H,11H2,1-3H3,(H,21,25,26). The molecule has 0 spiro atoms. The van der Waals surface area contributed by atoms with Crippen LogP contribution in [0.2, 0.25) is 0 Å². The highest BCUT2D eigenvalue weighted by atomic mass is 16.2. The molecule has 4 rings (SSSR count). The Kier molecular flexibility index (Phi) is 3.64. The zero-order valence-electron chi connectivity index (χ0n) is 14.9. The Bertz CT molecular complexity index is 1240. The number of rotatable bonds is 3. The molecule has 0 saturated heterocycles. The van der Waals surface area contributed by atoms with Crippen LogP contribution >= 0.6 is 0 Å². The van der Waals surface area contributed by atoms with Gasteiger partial charge in [-0.25, -0.2) is 4.79 Å². The highest BCUT2D eigenvalue weighted by Gasteiger charge is 2.19. The topological polar surface area (TPSA) is 75.9 Å². The van der Waals surface area contributed by atoms with E-state index >= 15 is 0 Å². The molecule has 0 aliphatic heterocycles. The summed E-state index contributed by atoms with van der Waals surface area (Å²) in [5.41, 5.74) is 0.955. The molecule has 0 aliphatic carbocycles. The van der Waals surface area contributed by atoms with Crippen molar-refractivity contribution in [1.29, 1.82) is 0 Å². The lowest BCUT2D eigenvalue weighted by Crippen LogP contribution is -2.29. The summed E-state index contributed by atoms with van der Waals surface area (Å²) < 4.78 is 3.22. The van der Waals surface area contributed by atoms with Crippen molar-refractivity contribution in [2.24, 2.45) is 7.05 Å². The lowest BCUT2D eigenvalue weighted by molar-refractivity contribution is 0.796. The number of anilines is 1. The SMILES string of the molecule is CN(C)c1nc2c(c(=O)[nH]c(=O)n2C)n1Cc1cccc2ccccc12. The largest absolute Gasteiger partial charge is 0.348 e. The average molecular weight is 349 g/mol. The Morgan fingerprint density at radius 3 is 2.58 bits per heavy atom. The van der Waals surface area contributed by atoms with Crippen molar-refractivity contribution in [1.82, 2.24) is 19.1 Å². The van der Waals surface area contributed by atoms with Gasteiger partial charge in [-0.3, -0.25) is 18.9 Å². The number of hydrogen-bond donors (Lipinski definition) is 1. The first-order chi connectivity index (χ1) is 12.5. The Labute approximate surface area is 149 Å². The summed E-state index contributed by atoms with van der Waals surface area (Å²) in [7, 11) is 5.34. The zero-order chi connectivity index (χ0) is 18.4. The van der Waals surface area contributed by atoms with Crippen LogP contribution in [0.4, 0.5) is 5.95 Å². The van der Waals surface area contributed by atoms with Gasteiger partial charge in [0.25, 0.3) is 5.56 Å². The maximum Gasteiger partial charge on any atom is 0.329 e. The molecule has 0 unspecified atom stereocenters. The number of imidazole rings is 1. The van der Waals surface area contributed by atoms with Crippen LogP contribution < -0.4 is 16.1 Å². The van der Waals surface area contributed by atoms with Crippen molar-refractivity contribution in [2.45, 2.75) is 6.54 Å². The predicted molar refractivity (Wildman–Crippen MR) is 103 cm³/mol. The van der Waals surface area contributed by atoms with Gasteiger partial charge in [0, 0.05) is 21.1 Å². The molecule has 0 fully saturated rings. The molecule has 0 aliphatic rings. The molecule has 0 atom stereocenters. The van der Waals surface area contributed by atoms with Crippen LogP contribution in [-0.2, 0) is 13.6 Å². The van der Waals surface area contributed by atoms with Gasteiger partial charge < -0.3 is 4.90 Å². The summed E-state index contributed by atoms with van der Waals surface area (Å²) in [6.45, 7) is 0.479. The number of aromatic amines is 1. The van der Waals surface area contributed by atoms with Crippen molar-refractivity contribution in [3.8, 4) is 0 Å². The van der Waals surface area contributed by atoms with Crippen LogP contribution in [0, 0.1) is 0 Å². The van der Waals surface area contributed by atoms with Crippen molar-refractivity contribution in [3.05, 3.63) is 68.9 Å². The van der Waals surface area contributed by atoms with E-state index in [-0.39, 0.29) is 0 Å². The van der Waals surface area contributed by atoms with Gasteiger partial charge in [0.05, 0.1) is 6.54 Å². The van der Waals surface area contributed by atoms with E-state index in [1.807, 2.05) is 47.8 Å². The lowest BCUT2D eigenvalue weighted by atomic mass is 10.0. The quantitative estimate of drug-likeness (QED) is 0.611. The molecule has 2 aromatic carbocycles. The van der Waals surface area contributed by atoms with Crippen molar-refractivity contribution >= 4 is 27.9 Å². The van der Waals surface area contributed by atoms with Gasteiger partial charge in [0.15, 0.2) is 11.2 Å². The lowest BCUT2D eigenvalue weighted by Gasteiger charge is -2.15. The van der Waals surface area contributed by atoms with E-state index in [4.69, 9.17) is 0 Å². The van der Waals surface area contributed by atoms with E-state index in [0.29, 0.717) is 23.7 Å². The number of hydrogen-bond acceptors (Lipinski definition) is 4. The molecule has 0 amide bonds. The third-order valence-corrected chi connectivity index (χ3v) is 4.60. The molecule has 7 nitrogen and oxygen atoms in total. The minimum atomic E-state index is -0.470. The number of nitrogens with zero attached hydrogens (tertiary/aromatic N) is 4. The zero-order valence-corrected chi connectivity index (χ0v) is 14.9. The minimum absolute atomic E-state index is 0.377. The summed E-state index contributed by atoms with van der Waals surface area (Å²) in [4.78, 5) is 33.2. The summed E-state index contributed by atoms with van der Waals surface area (Å²) >= 11 is 0. The van der Waals surface area contributed by atoms with Crippen LogP contribution in [0.15, 0.2) is 52.1 Å². The molecule has 1 N–H and O–H groups in total. The van der Waals surface area contributed by atoms with Crippen LogP contribution in [-0.4, -0.2) is 33.2 Å². The Hall–Kier alpha value is -3.35. The van der Waals surface area contributed by atoms with E-state index in [2.05, 4.69) is 28.2 Å². The maximum absolute atomic E-state index is 12.5. The number of H-pyrrole nitrogens is 1. The van der Waals surface area contributed by atoms with Gasteiger partial charge in [-0.05, 0) is 16.3 Å². The molecular formula is C19H19N5O2. The van der Waals surface area contributed by atoms with E-state index in [9.17, 15) is 9.59 Å². The average Bonchev–Trinajstić information content (AvgIpc) is 3.00. The number of benzene rings is 2. The molecule has 2 aromatic heterocycles. The van der Waals surface area contributed by atoms with Gasteiger partial charge in [-0.15, -0.1) is 0 Å². The summed E-state index contributed by atoms with van der Waals surface area (Å²) in [5.74, 6) is 0.625.